The summed E-state index contributed by atoms with van der Waals surface area (Å²) in [5.41, 5.74) is 0.635. The Kier molecular flexibility index (Phi) is 7.58. The van der Waals surface area contributed by atoms with Crippen LogP contribution in [0.2, 0.25) is 0 Å². The number of nitro groups is 1. The van der Waals surface area contributed by atoms with E-state index >= 15 is 0 Å². The summed E-state index contributed by atoms with van der Waals surface area (Å²) in [6, 6.07) is 10.8. The minimum atomic E-state index is -5.19. The monoisotopic (exact) mass is 580 g/mol. The molecule has 0 amide bonds. The van der Waals surface area contributed by atoms with Crippen LogP contribution in [0, 0.1) is 21.4 Å². The second-order valence-corrected chi connectivity index (χ2v) is 8.33. The zero-order valence-electron chi connectivity index (χ0n) is 19.0. The molecule has 10 nitrogen and oxygen atoms in total. The molecule has 192 valence electrons. The standard InChI is InChI=1S/C23H16BrF3N4O6/c1-36-21(32)17-16(11-6-4-3-5-7-11)13(10-28)20(29)30(19(17)22(33)37-2)18-14(23(25,26)27)8-12(24)9-15(18)31(34)35/h3-9,16H,29H2,1-2H3. The first-order chi connectivity index (χ1) is 17.4. The van der Waals surface area contributed by atoms with Crippen LogP contribution < -0.4 is 10.6 Å². The van der Waals surface area contributed by atoms with Gasteiger partial charge in [0.2, 0.25) is 0 Å². The number of nitrogens with zero attached hydrogens (tertiary/aromatic N) is 3. The number of benzene rings is 2. The Balaban J connectivity index is 2.61. The molecule has 0 bridgehead atoms. The molecule has 0 spiro atoms. The van der Waals surface area contributed by atoms with Gasteiger partial charge in [-0.05, 0) is 11.6 Å². The van der Waals surface area contributed by atoms with Crippen LogP contribution in [0.4, 0.5) is 24.5 Å². The normalized spacial score (nSPS) is 15.8. The molecule has 0 aromatic heterocycles. The predicted molar refractivity (Wildman–Crippen MR) is 125 cm³/mol. The van der Waals surface area contributed by atoms with E-state index in [1.165, 1.54) is 12.1 Å². The number of carbonyl (C=O) groups excluding carboxylic acids is 2. The Morgan fingerprint density at radius 1 is 1.16 bits per heavy atom. The summed E-state index contributed by atoms with van der Waals surface area (Å²) in [5.74, 6) is -4.67. The highest BCUT2D eigenvalue weighted by Crippen LogP contribution is 2.50. The molecule has 37 heavy (non-hydrogen) atoms. The molecule has 0 saturated carbocycles. The van der Waals surface area contributed by atoms with Crippen LogP contribution in [-0.4, -0.2) is 31.1 Å². The summed E-state index contributed by atoms with van der Waals surface area (Å²) in [6.07, 6.45) is -5.19. The second kappa shape index (κ2) is 10.3. The molecule has 2 aromatic rings. The Hall–Kier alpha value is -4.38. The molecule has 0 saturated heterocycles. The number of allylic oxidation sites excluding steroid dienone is 1. The number of esters is 2. The lowest BCUT2D eigenvalue weighted by atomic mass is 9.80. The van der Waals surface area contributed by atoms with Gasteiger partial charge < -0.3 is 15.2 Å². The summed E-state index contributed by atoms with van der Waals surface area (Å²) >= 11 is 2.82. The molecule has 3 rings (SSSR count). The third-order valence-corrected chi connectivity index (χ3v) is 5.85. The first-order valence-electron chi connectivity index (χ1n) is 10.1. The quantitative estimate of drug-likeness (QED) is 0.310. The number of hydrogen-bond acceptors (Lipinski definition) is 9. The minimum Gasteiger partial charge on any atom is -0.466 e. The van der Waals surface area contributed by atoms with Crippen molar-refractivity contribution in [3.63, 3.8) is 0 Å². The van der Waals surface area contributed by atoms with Crippen molar-refractivity contribution in [2.24, 2.45) is 5.73 Å². The van der Waals surface area contributed by atoms with Gasteiger partial charge in [0.15, 0.2) is 0 Å². The van der Waals surface area contributed by atoms with E-state index in [1.54, 1.807) is 24.3 Å². The maximum Gasteiger partial charge on any atom is 0.418 e. The van der Waals surface area contributed by atoms with Crippen LogP contribution in [0.25, 0.3) is 0 Å². The maximum atomic E-state index is 14.2. The first-order valence-corrected chi connectivity index (χ1v) is 10.9. The predicted octanol–water partition coefficient (Wildman–Crippen LogP) is 4.27. The lowest BCUT2D eigenvalue weighted by molar-refractivity contribution is -0.384. The van der Waals surface area contributed by atoms with Crippen LogP contribution in [-0.2, 0) is 25.2 Å². The van der Waals surface area contributed by atoms with Crippen molar-refractivity contribution in [2.45, 2.75) is 12.1 Å². The zero-order chi connectivity index (χ0) is 27.7. The van der Waals surface area contributed by atoms with E-state index in [-0.39, 0.29) is 10.0 Å². The van der Waals surface area contributed by atoms with Gasteiger partial charge in [0.1, 0.15) is 17.2 Å². The van der Waals surface area contributed by atoms with E-state index in [0.29, 0.717) is 11.0 Å². The number of rotatable bonds is 5. The molecule has 0 radical (unpaired) electrons. The Morgan fingerprint density at radius 2 is 1.76 bits per heavy atom. The van der Waals surface area contributed by atoms with E-state index in [9.17, 15) is 38.1 Å². The number of hydrogen-bond donors (Lipinski definition) is 1. The fourth-order valence-corrected chi connectivity index (χ4v) is 4.37. The van der Waals surface area contributed by atoms with Crippen molar-refractivity contribution in [1.29, 1.82) is 5.26 Å². The van der Waals surface area contributed by atoms with Gasteiger partial charge in [-0.1, -0.05) is 46.3 Å². The minimum absolute atomic E-state index is 0.268. The van der Waals surface area contributed by atoms with Gasteiger partial charge in [-0.3, -0.25) is 15.0 Å². The molecular formula is C23H16BrF3N4O6. The molecule has 2 N–H and O–H groups in total. The van der Waals surface area contributed by atoms with E-state index in [0.717, 1.165) is 20.3 Å². The number of alkyl halides is 3. The number of nitro benzene ring substituents is 1. The number of carbonyl (C=O) groups is 2. The molecule has 0 aliphatic carbocycles. The smallest absolute Gasteiger partial charge is 0.418 e. The third-order valence-electron chi connectivity index (χ3n) is 5.39. The highest BCUT2D eigenvalue weighted by atomic mass is 79.9. The number of anilines is 1. The lowest BCUT2D eigenvalue weighted by Crippen LogP contribution is -2.41. The highest BCUT2D eigenvalue weighted by Gasteiger charge is 2.48. The fourth-order valence-electron chi connectivity index (χ4n) is 3.92. The van der Waals surface area contributed by atoms with E-state index < -0.39 is 68.6 Å². The number of halogens is 4. The molecule has 1 aliphatic rings. The average Bonchev–Trinajstić information content (AvgIpc) is 2.86. The Morgan fingerprint density at radius 3 is 2.24 bits per heavy atom. The summed E-state index contributed by atoms with van der Waals surface area (Å²) in [7, 11) is 1.84. The van der Waals surface area contributed by atoms with E-state index in [1.807, 2.05) is 0 Å². The summed E-state index contributed by atoms with van der Waals surface area (Å²) < 4.78 is 51.8. The van der Waals surface area contributed by atoms with Gasteiger partial charge in [-0.25, -0.2) is 9.59 Å². The summed E-state index contributed by atoms with van der Waals surface area (Å²) in [4.78, 5) is 37.2. The Bertz CT molecular complexity index is 1400. The van der Waals surface area contributed by atoms with Gasteiger partial charge in [0.05, 0.1) is 47.8 Å². The summed E-state index contributed by atoms with van der Waals surface area (Å²) in [5, 5.41) is 21.9. The van der Waals surface area contributed by atoms with Gasteiger partial charge in [-0.2, -0.15) is 18.4 Å². The zero-order valence-corrected chi connectivity index (χ0v) is 20.6. The molecule has 1 heterocycles. The van der Waals surface area contributed by atoms with Crippen molar-refractivity contribution >= 4 is 39.2 Å². The van der Waals surface area contributed by atoms with Crippen molar-refractivity contribution in [2.75, 3.05) is 19.1 Å². The summed E-state index contributed by atoms with van der Waals surface area (Å²) in [6.45, 7) is 0. The first kappa shape index (κ1) is 27.2. The van der Waals surface area contributed by atoms with Crippen LogP contribution in [0.1, 0.15) is 17.0 Å². The number of methoxy groups -OCH3 is 2. The van der Waals surface area contributed by atoms with Crippen molar-refractivity contribution in [1.82, 2.24) is 0 Å². The largest absolute Gasteiger partial charge is 0.466 e. The van der Waals surface area contributed by atoms with E-state index in [2.05, 4.69) is 15.9 Å². The average molecular weight is 581 g/mol. The molecule has 2 aromatic carbocycles. The molecule has 0 fully saturated rings. The number of ether oxygens (including phenoxy) is 2. The second-order valence-electron chi connectivity index (χ2n) is 7.41. The van der Waals surface area contributed by atoms with Gasteiger partial charge in [-0.15, -0.1) is 0 Å². The van der Waals surface area contributed by atoms with Crippen LogP contribution in [0.3, 0.4) is 0 Å². The van der Waals surface area contributed by atoms with Crippen LogP contribution in [0.5, 0.6) is 0 Å². The molecule has 14 heteroatoms. The van der Waals surface area contributed by atoms with E-state index in [4.69, 9.17) is 15.2 Å². The Labute approximate surface area is 215 Å². The molecular weight excluding hydrogens is 565 g/mol. The van der Waals surface area contributed by atoms with Gasteiger partial charge in [0.25, 0.3) is 5.69 Å². The van der Waals surface area contributed by atoms with Gasteiger partial charge >= 0.3 is 18.1 Å². The van der Waals surface area contributed by atoms with Crippen LogP contribution in [0.15, 0.2) is 69.6 Å². The number of nitriles is 1. The maximum absolute atomic E-state index is 14.2. The highest BCUT2D eigenvalue weighted by molar-refractivity contribution is 9.10. The number of nitrogens with two attached hydrogens (primary N) is 1. The SMILES string of the molecule is COC(=O)C1=C(C(=O)OC)N(c2c([N+](=O)[O-])cc(Br)cc2C(F)(F)F)C(N)=C(C#N)C1c1ccccc1. The van der Waals surface area contributed by atoms with Crippen molar-refractivity contribution in [3.8, 4) is 6.07 Å². The molecule has 1 atom stereocenters. The topological polar surface area (TPSA) is 149 Å². The molecule has 1 aliphatic heterocycles. The van der Waals surface area contributed by atoms with Crippen LogP contribution >= 0.6 is 15.9 Å². The molecule has 1 unspecified atom stereocenters. The van der Waals surface area contributed by atoms with Gasteiger partial charge in [0, 0.05) is 10.5 Å². The van der Waals surface area contributed by atoms with Crippen molar-refractivity contribution < 1.29 is 37.2 Å². The lowest BCUT2D eigenvalue weighted by Gasteiger charge is -2.36. The van der Waals surface area contributed by atoms with Crippen molar-refractivity contribution in [3.05, 3.63) is 90.8 Å². The fraction of sp³-hybridized carbons (Fsp3) is 0.174. The third kappa shape index (κ3) is 4.85.